The molecule has 1 aliphatic carbocycles. The molecule has 3 N–H and O–H groups in total. The quantitative estimate of drug-likeness (QED) is 0.367. The fourth-order valence-corrected chi connectivity index (χ4v) is 6.72. The number of benzene rings is 2. The maximum absolute atomic E-state index is 13.0. The number of thiazole rings is 1. The van der Waals surface area contributed by atoms with E-state index in [0.29, 0.717) is 29.8 Å². The van der Waals surface area contributed by atoms with Crippen molar-refractivity contribution in [1.82, 2.24) is 4.98 Å². The molecule has 38 heavy (non-hydrogen) atoms. The number of nitrogens with zero attached hydrogens (tertiary/aromatic N) is 1. The first-order valence-electron chi connectivity index (χ1n) is 12.2. The van der Waals surface area contributed by atoms with Gasteiger partial charge in [-0.05, 0) is 74.2 Å². The summed E-state index contributed by atoms with van der Waals surface area (Å²) in [5.74, 6) is -1.51. The zero-order valence-electron chi connectivity index (χ0n) is 20.3. The van der Waals surface area contributed by atoms with Crippen LogP contribution < -0.4 is 15.4 Å². The molecule has 1 aliphatic heterocycles. The summed E-state index contributed by atoms with van der Waals surface area (Å²) >= 11 is 1.17. The third-order valence-corrected chi connectivity index (χ3v) is 9.00. The third kappa shape index (κ3) is 5.55. The second kappa shape index (κ2) is 10.5. The number of anilines is 3. The van der Waals surface area contributed by atoms with E-state index in [0.717, 1.165) is 19.3 Å². The van der Waals surface area contributed by atoms with Crippen LogP contribution in [0.2, 0.25) is 0 Å². The number of hydrogen-bond donors (Lipinski definition) is 3. The Morgan fingerprint density at radius 3 is 2.26 bits per heavy atom. The molecule has 0 bridgehead atoms. The van der Waals surface area contributed by atoms with Gasteiger partial charge in [0, 0.05) is 28.5 Å². The molecule has 2 aliphatic rings. The third-order valence-electron chi connectivity index (χ3n) is 6.83. The minimum atomic E-state index is -3.79. The van der Waals surface area contributed by atoms with Gasteiger partial charge in [-0.3, -0.25) is 19.1 Å². The van der Waals surface area contributed by atoms with Gasteiger partial charge >= 0.3 is 5.97 Å². The van der Waals surface area contributed by atoms with Crippen molar-refractivity contribution in [1.29, 1.82) is 0 Å². The van der Waals surface area contributed by atoms with Gasteiger partial charge in [-0.15, -0.1) is 11.3 Å². The molecule has 2 amide bonds. The Hall–Kier alpha value is -3.77. The van der Waals surface area contributed by atoms with Gasteiger partial charge in [-0.25, -0.2) is 13.4 Å². The van der Waals surface area contributed by atoms with Gasteiger partial charge in [0.2, 0.25) is 5.91 Å². The van der Waals surface area contributed by atoms with Gasteiger partial charge in [0.25, 0.3) is 15.9 Å². The van der Waals surface area contributed by atoms with Crippen LogP contribution in [0.15, 0.2) is 65.0 Å². The normalized spacial score (nSPS) is 18.5. The second-order valence-corrected chi connectivity index (χ2v) is 11.9. The molecular formula is C26H26N4O6S2. The van der Waals surface area contributed by atoms with Crippen LogP contribution in [0.1, 0.15) is 48.9 Å². The van der Waals surface area contributed by atoms with Crippen LogP contribution in [0.3, 0.4) is 0 Å². The van der Waals surface area contributed by atoms with E-state index in [4.69, 9.17) is 4.74 Å². The number of nitrogens with one attached hydrogen (secondary N) is 3. The molecule has 2 heterocycles. The lowest BCUT2D eigenvalue weighted by Crippen LogP contribution is -2.43. The molecule has 3 aromatic rings. The number of carbonyl (C=O) groups excluding carboxylic acids is 3. The summed E-state index contributed by atoms with van der Waals surface area (Å²) in [6, 6.07) is 12.2. The summed E-state index contributed by atoms with van der Waals surface area (Å²) in [6.45, 7) is 0. The standard InChI is InChI=1S/C26H26N4O6S2/c31-22-16-21(26(36-22)12-2-1-3-13-26)24(33)29-18-6-4-17(5-7-18)23(32)28-19-8-10-20(11-9-19)38(34,35)30-25-27-14-15-37-25/h4-11,14-15,21H,1-3,12-13,16H2,(H,27,30)(H,28,32)(H,29,33)/t21-/m0/s1. The average Bonchev–Trinajstić information content (AvgIpc) is 3.52. The van der Waals surface area contributed by atoms with E-state index in [2.05, 4.69) is 20.3 Å². The van der Waals surface area contributed by atoms with Gasteiger partial charge in [0.05, 0.1) is 17.2 Å². The number of rotatable bonds is 7. The van der Waals surface area contributed by atoms with Gasteiger partial charge in [-0.1, -0.05) is 6.42 Å². The van der Waals surface area contributed by atoms with Crippen LogP contribution in [0.5, 0.6) is 0 Å². The molecule has 1 aromatic heterocycles. The van der Waals surface area contributed by atoms with Crippen molar-refractivity contribution in [3.8, 4) is 0 Å². The molecule has 198 valence electrons. The lowest BCUT2D eigenvalue weighted by Gasteiger charge is -2.36. The summed E-state index contributed by atoms with van der Waals surface area (Å²) < 4.78 is 33.0. The van der Waals surface area contributed by atoms with Crippen molar-refractivity contribution in [3.63, 3.8) is 0 Å². The van der Waals surface area contributed by atoms with Crippen molar-refractivity contribution in [3.05, 3.63) is 65.7 Å². The number of sulfonamides is 1. The molecule has 2 aromatic carbocycles. The Balaban J connectivity index is 1.19. The van der Waals surface area contributed by atoms with Gasteiger partial charge < -0.3 is 15.4 Å². The number of aromatic nitrogens is 1. The van der Waals surface area contributed by atoms with Gasteiger partial charge in [0.1, 0.15) is 5.60 Å². The highest BCUT2D eigenvalue weighted by atomic mass is 32.2. The molecule has 0 unspecified atom stereocenters. The first-order valence-corrected chi connectivity index (χ1v) is 14.6. The number of esters is 1. The van der Waals surface area contributed by atoms with Crippen molar-refractivity contribution in [2.45, 2.75) is 49.0 Å². The van der Waals surface area contributed by atoms with Crippen molar-refractivity contribution in [2.24, 2.45) is 5.92 Å². The minimum Gasteiger partial charge on any atom is -0.458 e. The molecule has 1 saturated heterocycles. The first kappa shape index (κ1) is 25.9. The lowest BCUT2D eigenvalue weighted by molar-refractivity contribution is -0.153. The van der Waals surface area contributed by atoms with E-state index in [1.807, 2.05) is 0 Å². The van der Waals surface area contributed by atoms with Crippen LogP contribution in [-0.2, 0) is 24.3 Å². The topological polar surface area (TPSA) is 144 Å². The molecule has 12 heteroatoms. The Kier molecular flexibility index (Phi) is 7.17. The maximum atomic E-state index is 13.0. The zero-order valence-corrected chi connectivity index (χ0v) is 21.9. The summed E-state index contributed by atoms with van der Waals surface area (Å²) in [7, 11) is -3.79. The molecule has 1 saturated carbocycles. The van der Waals surface area contributed by atoms with E-state index < -0.39 is 27.4 Å². The molecule has 2 fully saturated rings. The summed E-state index contributed by atoms with van der Waals surface area (Å²) in [4.78, 5) is 41.7. The molecule has 5 rings (SSSR count). The van der Waals surface area contributed by atoms with Crippen LogP contribution in [-0.4, -0.2) is 36.8 Å². The molecule has 1 atom stereocenters. The molecule has 0 radical (unpaired) electrons. The predicted octanol–water partition coefficient (Wildman–Crippen LogP) is 4.40. The highest BCUT2D eigenvalue weighted by molar-refractivity contribution is 7.93. The van der Waals surface area contributed by atoms with E-state index in [1.165, 1.54) is 41.8 Å². The summed E-state index contributed by atoms with van der Waals surface area (Å²) in [5, 5.41) is 7.51. The maximum Gasteiger partial charge on any atom is 0.307 e. The summed E-state index contributed by atoms with van der Waals surface area (Å²) in [6.07, 6.45) is 5.92. The van der Waals surface area contributed by atoms with Crippen LogP contribution >= 0.6 is 11.3 Å². The fraction of sp³-hybridized carbons (Fsp3) is 0.308. The van der Waals surface area contributed by atoms with E-state index in [9.17, 15) is 22.8 Å². The van der Waals surface area contributed by atoms with Gasteiger partial charge in [0.15, 0.2) is 5.13 Å². The predicted molar refractivity (Wildman–Crippen MR) is 142 cm³/mol. The molecular weight excluding hydrogens is 528 g/mol. The largest absolute Gasteiger partial charge is 0.458 e. The SMILES string of the molecule is O=C1C[C@@H](C(=O)Nc2ccc(C(=O)Nc3ccc(S(=O)(=O)Nc4nccs4)cc3)cc2)C2(CCCCC2)O1. The first-order chi connectivity index (χ1) is 18.2. The van der Waals surface area contributed by atoms with E-state index >= 15 is 0 Å². The Morgan fingerprint density at radius 1 is 0.947 bits per heavy atom. The van der Waals surface area contributed by atoms with E-state index in [1.54, 1.807) is 29.6 Å². The van der Waals surface area contributed by atoms with Crippen LogP contribution in [0.4, 0.5) is 16.5 Å². The monoisotopic (exact) mass is 554 g/mol. The number of hydrogen-bond acceptors (Lipinski definition) is 8. The highest BCUT2D eigenvalue weighted by Gasteiger charge is 2.52. The van der Waals surface area contributed by atoms with Gasteiger partial charge in [-0.2, -0.15) is 0 Å². The Labute approximate surface area is 223 Å². The summed E-state index contributed by atoms with van der Waals surface area (Å²) in [5.41, 5.74) is 0.585. The molecule has 1 spiro atoms. The minimum absolute atomic E-state index is 0.0372. The number of amides is 2. The number of carbonyl (C=O) groups is 3. The Bertz CT molecular complexity index is 1430. The average molecular weight is 555 g/mol. The highest BCUT2D eigenvalue weighted by Crippen LogP contribution is 2.44. The van der Waals surface area contributed by atoms with Crippen molar-refractivity contribution >= 4 is 55.7 Å². The van der Waals surface area contributed by atoms with Crippen LogP contribution in [0.25, 0.3) is 0 Å². The number of ether oxygens (including phenoxy) is 1. The van der Waals surface area contributed by atoms with Crippen molar-refractivity contribution < 1.29 is 27.5 Å². The lowest BCUT2D eigenvalue weighted by atomic mass is 9.75. The zero-order chi connectivity index (χ0) is 26.8. The molecule has 10 nitrogen and oxygen atoms in total. The van der Waals surface area contributed by atoms with E-state index in [-0.39, 0.29) is 28.3 Å². The fourth-order valence-electron chi connectivity index (χ4n) is 4.93. The van der Waals surface area contributed by atoms with Crippen LogP contribution in [0, 0.1) is 5.92 Å². The van der Waals surface area contributed by atoms with Crippen molar-refractivity contribution in [2.75, 3.05) is 15.4 Å². The Morgan fingerprint density at radius 2 is 1.61 bits per heavy atom. The smallest absolute Gasteiger partial charge is 0.307 e. The second-order valence-electron chi connectivity index (χ2n) is 9.34.